The molecule has 3 aromatic carbocycles. The highest BCUT2D eigenvalue weighted by atomic mass is 35.5. The van der Waals surface area contributed by atoms with Crippen LogP contribution >= 0.6 is 22.9 Å². The topological polar surface area (TPSA) is 75.7 Å². The van der Waals surface area contributed by atoms with E-state index in [0.29, 0.717) is 27.0 Å². The molecule has 6 nitrogen and oxygen atoms in total. The Morgan fingerprint density at radius 2 is 1.82 bits per heavy atom. The van der Waals surface area contributed by atoms with Crippen molar-refractivity contribution in [2.75, 3.05) is 23.3 Å². The lowest BCUT2D eigenvalue weighted by atomic mass is 10.2. The Morgan fingerprint density at radius 3 is 2.50 bits per heavy atom. The van der Waals surface area contributed by atoms with Gasteiger partial charge in [0.15, 0.2) is 0 Å². The summed E-state index contributed by atoms with van der Waals surface area (Å²) < 4.78 is 33.9. The first-order chi connectivity index (χ1) is 16.2. The summed E-state index contributed by atoms with van der Waals surface area (Å²) in [6.07, 6.45) is 0. The molecular formula is C25H23ClN2O4S2. The number of amides is 1. The normalized spacial score (nSPS) is 11.4. The van der Waals surface area contributed by atoms with Crippen molar-refractivity contribution in [3.8, 4) is 5.75 Å². The highest BCUT2D eigenvalue weighted by Crippen LogP contribution is 2.33. The minimum absolute atomic E-state index is 0.178. The highest BCUT2D eigenvalue weighted by Gasteiger charge is 2.24. The first kappa shape index (κ1) is 24.1. The molecule has 0 aliphatic rings. The number of ether oxygens (including phenoxy) is 1. The van der Waals surface area contributed by atoms with Gasteiger partial charge in [0.2, 0.25) is 0 Å². The zero-order chi connectivity index (χ0) is 24.5. The number of carbonyl (C=O) groups is 1. The Labute approximate surface area is 207 Å². The zero-order valence-corrected chi connectivity index (χ0v) is 21.2. The van der Waals surface area contributed by atoms with E-state index >= 15 is 0 Å². The Morgan fingerprint density at radius 1 is 1.09 bits per heavy atom. The highest BCUT2D eigenvalue weighted by molar-refractivity contribution is 7.92. The van der Waals surface area contributed by atoms with Crippen LogP contribution in [0.4, 0.5) is 11.4 Å². The molecule has 1 aromatic heterocycles. The molecule has 0 aliphatic carbocycles. The average Bonchev–Trinajstić information content (AvgIpc) is 3.26. The van der Waals surface area contributed by atoms with Gasteiger partial charge in [0, 0.05) is 22.0 Å². The largest absolute Gasteiger partial charge is 0.497 e. The number of benzene rings is 3. The number of hydrogen-bond acceptors (Lipinski definition) is 5. The summed E-state index contributed by atoms with van der Waals surface area (Å²) in [5, 5.41) is 4.27. The van der Waals surface area contributed by atoms with Crippen LogP contribution in [0, 0.1) is 6.92 Å². The van der Waals surface area contributed by atoms with E-state index in [-0.39, 0.29) is 17.3 Å². The number of thiophene rings is 1. The van der Waals surface area contributed by atoms with Crippen LogP contribution in [0.5, 0.6) is 5.75 Å². The summed E-state index contributed by atoms with van der Waals surface area (Å²) in [7, 11) is -2.24. The number of fused-ring (bicyclic) bond motifs is 1. The van der Waals surface area contributed by atoms with E-state index in [1.807, 2.05) is 13.0 Å². The molecule has 0 saturated heterocycles. The summed E-state index contributed by atoms with van der Waals surface area (Å²) in [6, 6.07) is 18.8. The Kier molecular flexibility index (Phi) is 6.84. The van der Waals surface area contributed by atoms with Crippen molar-refractivity contribution in [3.63, 3.8) is 0 Å². The van der Waals surface area contributed by atoms with Crippen molar-refractivity contribution in [1.82, 2.24) is 0 Å². The maximum atomic E-state index is 13.3. The molecule has 9 heteroatoms. The van der Waals surface area contributed by atoms with Gasteiger partial charge in [-0.2, -0.15) is 0 Å². The number of carbonyl (C=O) groups excluding carboxylic acids is 1. The van der Waals surface area contributed by atoms with Crippen LogP contribution in [0.3, 0.4) is 0 Å². The predicted molar refractivity (Wildman–Crippen MR) is 139 cm³/mol. The summed E-state index contributed by atoms with van der Waals surface area (Å²) in [4.78, 5) is 13.6. The fourth-order valence-corrected chi connectivity index (χ4v) is 6.17. The van der Waals surface area contributed by atoms with Gasteiger partial charge in [-0.3, -0.25) is 9.10 Å². The van der Waals surface area contributed by atoms with E-state index < -0.39 is 10.0 Å². The monoisotopic (exact) mass is 514 g/mol. The van der Waals surface area contributed by atoms with Crippen molar-refractivity contribution in [2.45, 2.75) is 18.7 Å². The van der Waals surface area contributed by atoms with Gasteiger partial charge >= 0.3 is 0 Å². The maximum Gasteiger partial charge on any atom is 0.265 e. The van der Waals surface area contributed by atoms with Crippen molar-refractivity contribution in [2.24, 2.45) is 0 Å². The van der Waals surface area contributed by atoms with Gasteiger partial charge in [0.25, 0.3) is 15.9 Å². The van der Waals surface area contributed by atoms with Crippen LogP contribution in [0.2, 0.25) is 5.02 Å². The number of anilines is 2. The van der Waals surface area contributed by atoms with E-state index in [2.05, 4.69) is 5.32 Å². The second-order valence-corrected chi connectivity index (χ2v) is 10.9. The number of halogens is 1. The second-order valence-electron chi connectivity index (χ2n) is 7.54. The third-order valence-corrected chi connectivity index (χ3v) is 8.90. The molecule has 0 saturated carbocycles. The summed E-state index contributed by atoms with van der Waals surface area (Å²) in [6.45, 7) is 3.88. The van der Waals surface area contributed by atoms with Crippen LogP contribution in [0.1, 0.15) is 22.2 Å². The third-order valence-electron chi connectivity index (χ3n) is 5.46. The Bertz CT molecular complexity index is 1460. The second kappa shape index (κ2) is 9.66. The van der Waals surface area contributed by atoms with Crippen molar-refractivity contribution in [3.05, 3.63) is 82.2 Å². The van der Waals surface area contributed by atoms with Gasteiger partial charge in [-0.1, -0.05) is 17.7 Å². The zero-order valence-electron chi connectivity index (χ0n) is 18.8. The number of rotatable bonds is 7. The maximum absolute atomic E-state index is 13.3. The van der Waals surface area contributed by atoms with Gasteiger partial charge < -0.3 is 10.1 Å². The van der Waals surface area contributed by atoms with E-state index in [1.54, 1.807) is 55.5 Å². The molecule has 0 fully saturated rings. The number of nitrogens with zero attached hydrogens (tertiary/aromatic N) is 1. The minimum atomic E-state index is -3.77. The minimum Gasteiger partial charge on any atom is -0.497 e. The van der Waals surface area contributed by atoms with E-state index in [1.165, 1.54) is 34.9 Å². The summed E-state index contributed by atoms with van der Waals surface area (Å²) in [5.74, 6) is 0.340. The van der Waals surface area contributed by atoms with Crippen LogP contribution in [-0.2, 0) is 10.0 Å². The smallest absolute Gasteiger partial charge is 0.265 e. The number of nitrogens with one attached hydrogen (secondary N) is 1. The summed E-state index contributed by atoms with van der Waals surface area (Å²) in [5.41, 5.74) is 1.97. The van der Waals surface area contributed by atoms with Gasteiger partial charge in [-0.05, 0) is 85.5 Å². The van der Waals surface area contributed by atoms with E-state index in [0.717, 1.165) is 15.6 Å². The molecule has 0 aliphatic heterocycles. The molecule has 0 unspecified atom stereocenters. The predicted octanol–water partition coefficient (Wildman–Crippen LogP) is 6.34. The molecular weight excluding hydrogens is 492 g/mol. The number of hydrogen-bond donors (Lipinski definition) is 1. The van der Waals surface area contributed by atoms with E-state index in [9.17, 15) is 13.2 Å². The van der Waals surface area contributed by atoms with E-state index in [4.69, 9.17) is 16.3 Å². The fraction of sp³-hybridized carbons (Fsp3) is 0.160. The van der Waals surface area contributed by atoms with Gasteiger partial charge in [0.1, 0.15) is 5.75 Å². The molecule has 176 valence electrons. The molecule has 1 amide bonds. The molecule has 34 heavy (non-hydrogen) atoms. The van der Waals surface area contributed by atoms with Crippen molar-refractivity contribution < 1.29 is 17.9 Å². The average molecular weight is 515 g/mol. The molecule has 4 aromatic rings. The first-order valence-electron chi connectivity index (χ1n) is 10.5. The Hall–Kier alpha value is -3.07. The fourth-order valence-electron chi connectivity index (χ4n) is 3.59. The lowest BCUT2D eigenvalue weighted by Crippen LogP contribution is -2.30. The Balaban J connectivity index is 1.64. The molecule has 4 rings (SSSR count). The molecule has 1 N–H and O–H groups in total. The molecule has 0 bridgehead atoms. The van der Waals surface area contributed by atoms with Gasteiger partial charge in [-0.25, -0.2) is 8.42 Å². The van der Waals surface area contributed by atoms with Crippen molar-refractivity contribution in [1.29, 1.82) is 0 Å². The van der Waals surface area contributed by atoms with Crippen LogP contribution in [0.15, 0.2) is 71.6 Å². The van der Waals surface area contributed by atoms with Crippen molar-refractivity contribution >= 4 is 60.3 Å². The molecule has 0 spiro atoms. The molecule has 0 atom stereocenters. The van der Waals surface area contributed by atoms with Gasteiger partial charge in [0.05, 0.1) is 22.6 Å². The van der Waals surface area contributed by atoms with Gasteiger partial charge in [-0.15, -0.1) is 11.3 Å². The lowest BCUT2D eigenvalue weighted by molar-refractivity contribution is 0.103. The van der Waals surface area contributed by atoms with Crippen LogP contribution < -0.4 is 14.4 Å². The SMILES string of the molecule is CCN(c1ccc2sc(C(=O)Nc3cccc(Cl)c3C)cc2c1)S(=O)(=O)c1ccc(OC)cc1. The standard InChI is InChI=1S/C25H23ClN2O4S2/c1-4-28(34(30,31)20-11-9-19(32-3)10-12-20)18-8-13-23-17(14-18)15-24(33-23)25(29)27-22-7-5-6-21(26)16(22)2/h5-15H,4H2,1-3H3,(H,27,29). The first-order valence-corrected chi connectivity index (χ1v) is 13.1. The lowest BCUT2D eigenvalue weighted by Gasteiger charge is -2.23. The number of methoxy groups -OCH3 is 1. The third kappa shape index (κ3) is 4.61. The quantitative estimate of drug-likeness (QED) is 0.312. The number of sulfonamides is 1. The molecule has 1 heterocycles. The molecule has 0 radical (unpaired) electrons. The summed E-state index contributed by atoms with van der Waals surface area (Å²) >= 11 is 7.50. The van der Waals surface area contributed by atoms with Crippen LogP contribution in [-0.4, -0.2) is 28.0 Å². The van der Waals surface area contributed by atoms with Crippen LogP contribution in [0.25, 0.3) is 10.1 Å².